The summed E-state index contributed by atoms with van der Waals surface area (Å²) < 4.78 is 5.58. The highest BCUT2D eigenvalue weighted by Crippen LogP contribution is 2.61. The van der Waals surface area contributed by atoms with Gasteiger partial charge in [-0.05, 0) is 95.0 Å². The van der Waals surface area contributed by atoms with E-state index in [9.17, 15) is 14.4 Å². The van der Waals surface area contributed by atoms with Crippen molar-refractivity contribution in [3.05, 3.63) is 22.5 Å². The topological polar surface area (TPSA) is 76.2 Å². The van der Waals surface area contributed by atoms with E-state index in [1.165, 1.54) is 26.2 Å². The van der Waals surface area contributed by atoms with Crippen LogP contribution in [0.15, 0.2) is 0 Å². The van der Waals surface area contributed by atoms with Crippen molar-refractivity contribution in [3.63, 3.8) is 0 Å². The first kappa shape index (κ1) is 19.4. The molecule has 28 heavy (non-hydrogen) atoms. The molecule has 4 aliphatic rings. The lowest BCUT2D eigenvalue weighted by Gasteiger charge is -2.56. The van der Waals surface area contributed by atoms with Gasteiger partial charge in [-0.2, -0.15) is 0 Å². The summed E-state index contributed by atoms with van der Waals surface area (Å²) in [5, 5.41) is 0. The molecule has 1 heterocycles. The number of Topliss-reactive ketones (excluding diaryl/α,β-unsaturated/α-hetero) is 2. The number of ketones is 2. The summed E-state index contributed by atoms with van der Waals surface area (Å²) in [4.78, 5) is 40.4. The molecular formula is C23H31NO4. The molecule has 1 N–H and O–H groups in total. The molecular weight excluding hydrogens is 354 g/mol. The average Bonchev–Trinajstić information content (AvgIpc) is 2.86. The summed E-state index contributed by atoms with van der Waals surface area (Å²) >= 11 is 0. The van der Waals surface area contributed by atoms with E-state index in [4.69, 9.17) is 4.74 Å². The Hall–Kier alpha value is -1.91. The summed E-state index contributed by atoms with van der Waals surface area (Å²) in [5.74, 6) is 1.76. The van der Waals surface area contributed by atoms with Crippen LogP contribution >= 0.6 is 0 Å². The van der Waals surface area contributed by atoms with Crippen LogP contribution in [0.25, 0.3) is 0 Å². The monoisotopic (exact) mass is 385 g/mol. The van der Waals surface area contributed by atoms with Gasteiger partial charge in [0.15, 0.2) is 11.9 Å². The van der Waals surface area contributed by atoms with Crippen LogP contribution in [0.1, 0.15) is 90.9 Å². The van der Waals surface area contributed by atoms with E-state index in [0.29, 0.717) is 28.9 Å². The molecule has 0 amide bonds. The molecule has 0 aromatic carbocycles. The number of nitrogens with one attached hydrogen (secondary N) is 1. The van der Waals surface area contributed by atoms with Crippen molar-refractivity contribution in [2.45, 2.75) is 78.7 Å². The molecule has 4 saturated carbocycles. The van der Waals surface area contributed by atoms with Crippen LogP contribution in [0, 0.1) is 37.0 Å². The van der Waals surface area contributed by atoms with Gasteiger partial charge in [0.05, 0.1) is 12.1 Å². The summed E-state index contributed by atoms with van der Waals surface area (Å²) in [6, 6.07) is 0. The van der Waals surface area contributed by atoms with Crippen molar-refractivity contribution in [2.24, 2.45) is 23.2 Å². The maximum atomic E-state index is 12.8. The number of aromatic amines is 1. The molecule has 1 aromatic heterocycles. The van der Waals surface area contributed by atoms with Gasteiger partial charge in [0.25, 0.3) is 0 Å². The third-order valence-corrected chi connectivity index (χ3v) is 7.40. The molecule has 152 valence electrons. The second-order valence-corrected chi connectivity index (χ2v) is 9.77. The molecule has 1 aromatic rings. The normalized spacial score (nSPS) is 31.6. The number of H-pyrrole nitrogens is 1. The number of aryl methyl sites for hydroxylation is 1. The Labute approximate surface area is 166 Å². The molecule has 4 bridgehead atoms. The van der Waals surface area contributed by atoms with Crippen LogP contribution in [-0.2, 0) is 9.53 Å². The maximum Gasteiger partial charge on any atom is 0.307 e. The first-order chi connectivity index (χ1) is 13.2. The number of ether oxygens (including phenoxy) is 1. The zero-order chi connectivity index (χ0) is 20.2. The number of esters is 1. The Morgan fingerprint density at radius 1 is 1.07 bits per heavy atom. The van der Waals surface area contributed by atoms with Crippen molar-refractivity contribution in [1.29, 1.82) is 0 Å². The predicted octanol–water partition coefficient (Wildman–Crippen LogP) is 4.56. The molecule has 4 fully saturated rings. The van der Waals surface area contributed by atoms with E-state index in [-0.39, 0.29) is 23.0 Å². The van der Waals surface area contributed by atoms with E-state index in [0.717, 1.165) is 37.0 Å². The Bertz CT molecular complexity index is 799. The van der Waals surface area contributed by atoms with E-state index in [1.807, 2.05) is 0 Å². The molecule has 4 aliphatic carbocycles. The number of rotatable bonds is 6. The molecule has 5 heteroatoms. The van der Waals surface area contributed by atoms with Gasteiger partial charge in [-0.1, -0.05) is 0 Å². The smallest absolute Gasteiger partial charge is 0.307 e. The summed E-state index contributed by atoms with van der Waals surface area (Å²) in [6.45, 7) is 6.66. The van der Waals surface area contributed by atoms with Gasteiger partial charge >= 0.3 is 5.97 Å². The molecule has 0 unspecified atom stereocenters. The van der Waals surface area contributed by atoms with Crippen molar-refractivity contribution < 1.29 is 19.1 Å². The van der Waals surface area contributed by atoms with Crippen molar-refractivity contribution in [3.8, 4) is 0 Å². The van der Waals surface area contributed by atoms with Gasteiger partial charge in [0.1, 0.15) is 0 Å². The molecule has 0 radical (unpaired) electrons. The Kier molecular flexibility index (Phi) is 4.75. The zero-order valence-electron chi connectivity index (χ0n) is 17.4. The van der Waals surface area contributed by atoms with E-state index >= 15 is 0 Å². The highest BCUT2D eigenvalue weighted by atomic mass is 16.5. The standard InChI is InChI=1S/C23H31NO4/c1-12-20(14(3)25)13(2)24-21(12)22(27)15(4)28-19(26)11-23-8-16-5-17(9-23)7-18(6-16)10-23/h15-18,24H,5-11H2,1-4H3/t15-,16?,17?,18?,23?/m1/s1. The Balaban J connectivity index is 1.42. The summed E-state index contributed by atoms with van der Waals surface area (Å²) in [5.41, 5.74) is 2.35. The predicted molar refractivity (Wildman–Crippen MR) is 105 cm³/mol. The minimum Gasteiger partial charge on any atom is -0.454 e. The molecule has 5 nitrogen and oxygen atoms in total. The van der Waals surface area contributed by atoms with Crippen LogP contribution in [0.5, 0.6) is 0 Å². The summed E-state index contributed by atoms with van der Waals surface area (Å²) in [7, 11) is 0. The van der Waals surface area contributed by atoms with Crippen LogP contribution < -0.4 is 0 Å². The average molecular weight is 386 g/mol. The zero-order valence-corrected chi connectivity index (χ0v) is 17.4. The highest BCUT2D eigenvalue weighted by Gasteiger charge is 2.51. The lowest BCUT2D eigenvalue weighted by Crippen LogP contribution is -2.47. The van der Waals surface area contributed by atoms with Crippen LogP contribution in [0.2, 0.25) is 0 Å². The molecule has 1 atom stereocenters. The van der Waals surface area contributed by atoms with Gasteiger partial charge in [0, 0.05) is 11.3 Å². The fourth-order valence-electron chi connectivity index (χ4n) is 6.83. The third-order valence-electron chi connectivity index (χ3n) is 7.40. The van der Waals surface area contributed by atoms with E-state index in [2.05, 4.69) is 4.98 Å². The third kappa shape index (κ3) is 3.33. The van der Waals surface area contributed by atoms with Gasteiger partial charge < -0.3 is 9.72 Å². The maximum absolute atomic E-state index is 12.8. The van der Waals surface area contributed by atoms with Gasteiger partial charge in [-0.15, -0.1) is 0 Å². The minimum atomic E-state index is -0.849. The molecule has 0 aliphatic heterocycles. The SMILES string of the molecule is CC(=O)c1c(C)[nH]c(C(=O)[C@@H](C)OC(=O)CC23CC4CC(CC(C4)C2)C3)c1C. The summed E-state index contributed by atoms with van der Waals surface area (Å²) in [6.07, 6.45) is 7.05. The second kappa shape index (κ2) is 6.85. The minimum absolute atomic E-state index is 0.0724. The molecule has 5 rings (SSSR count). The first-order valence-electron chi connectivity index (χ1n) is 10.6. The fraction of sp³-hybridized carbons (Fsp3) is 0.696. The molecule has 0 saturated heterocycles. The number of hydrogen-bond acceptors (Lipinski definition) is 4. The quantitative estimate of drug-likeness (QED) is 0.575. The van der Waals surface area contributed by atoms with Crippen molar-refractivity contribution >= 4 is 17.5 Å². The number of aromatic nitrogens is 1. The van der Waals surface area contributed by atoms with E-state index in [1.54, 1.807) is 20.8 Å². The lowest BCUT2D eigenvalue weighted by molar-refractivity contribution is -0.154. The van der Waals surface area contributed by atoms with Crippen LogP contribution in [-0.4, -0.2) is 28.6 Å². The van der Waals surface area contributed by atoms with Crippen LogP contribution in [0.4, 0.5) is 0 Å². The number of carbonyl (C=O) groups is 3. The number of carbonyl (C=O) groups excluding carboxylic acids is 3. The second-order valence-electron chi connectivity index (χ2n) is 9.77. The van der Waals surface area contributed by atoms with E-state index < -0.39 is 6.10 Å². The van der Waals surface area contributed by atoms with Crippen molar-refractivity contribution in [1.82, 2.24) is 4.98 Å². The Morgan fingerprint density at radius 2 is 1.61 bits per heavy atom. The van der Waals surface area contributed by atoms with Gasteiger partial charge in [-0.3, -0.25) is 14.4 Å². The number of hydrogen-bond donors (Lipinski definition) is 1. The highest BCUT2D eigenvalue weighted by molar-refractivity contribution is 6.05. The lowest BCUT2D eigenvalue weighted by atomic mass is 9.49. The Morgan fingerprint density at radius 3 is 2.07 bits per heavy atom. The largest absolute Gasteiger partial charge is 0.454 e. The van der Waals surface area contributed by atoms with Crippen molar-refractivity contribution in [2.75, 3.05) is 0 Å². The van der Waals surface area contributed by atoms with Gasteiger partial charge in [0.2, 0.25) is 5.78 Å². The van der Waals surface area contributed by atoms with Gasteiger partial charge in [-0.25, -0.2) is 0 Å². The molecule has 0 spiro atoms. The van der Waals surface area contributed by atoms with Crippen LogP contribution in [0.3, 0.4) is 0 Å². The fourth-order valence-corrected chi connectivity index (χ4v) is 6.83. The first-order valence-corrected chi connectivity index (χ1v) is 10.6.